The molecule has 3 rings (SSSR count). The van der Waals surface area contributed by atoms with Gasteiger partial charge in [0.15, 0.2) is 0 Å². The molecule has 0 amide bonds. The lowest BCUT2D eigenvalue weighted by Crippen LogP contribution is -2.09. The smallest absolute Gasteiger partial charge is 0.352 e. The van der Waals surface area contributed by atoms with E-state index in [0.29, 0.717) is 11.6 Å². The Morgan fingerprint density at radius 3 is 2.83 bits per heavy atom. The van der Waals surface area contributed by atoms with Crippen molar-refractivity contribution in [3.05, 3.63) is 42.1 Å². The SMILES string of the molecule is C=Cc1ccc2cc(C(=O)O)n(CC3CC3)c2c1. The molecule has 92 valence electrons. The van der Waals surface area contributed by atoms with Crippen molar-refractivity contribution in [1.29, 1.82) is 0 Å². The van der Waals surface area contributed by atoms with Gasteiger partial charge in [-0.1, -0.05) is 24.8 Å². The molecule has 0 bridgehead atoms. The second kappa shape index (κ2) is 4.02. The third-order valence-corrected chi connectivity index (χ3v) is 3.52. The molecule has 0 spiro atoms. The maximum atomic E-state index is 11.3. The average molecular weight is 241 g/mol. The molecule has 1 fully saturated rings. The molecule has 1 N–H and O–H groups in total. The fraction of sp³-hybridized carbons (Fsp3) is 0.267. The predicted molar refractivity (Wildman–Crippen MR) is 71.7 cm³/mol. The number of hydrogen-bond donors (Lipinski definition) is 1. The van der Waals surface area contributed by atoms with Gasteiger partial charge in [0.25, 0.3) is 0 Å². The van der Waals surface area contributed by atoms with Crippen molar-refractivity contribution in [2.45, 2.75) is 19.4 Å². The highest BCUT2D eigenvalue weighted by atomic mass is 16.4. The van der Waals surface area contributed by atoms with Gasteiger partial charge in [0, 0.05) is 17.4 Å². The summed E-state index contributed by atoms with van der Waals surface area (Å²) in [7, 11) is 0. The Balaban J connectivity index is 2.20. The van der Waals surface area contributed by atoms with Crippen LogP contribution in [0.5, 0.6) is 0 Å². The van der Waals surface area contributed by atoms with Crippen molar-refractivity contribution in [3.8, 4) is 0 Å². The summed E-state index contributed by atoms with van der Waals surface area (Å²) >= 11 is 0. The Bertz CT molecular complexity index is 635. The maximum absolute atomic E-state index is 11.3. The van der Waals surface area contributed by atoms with Crippen LogP contribution in [0.2, 0.25) is 0 Å². The van der Waals surface area contributed by atoms with Crippen LogP contribution < -0.4 is 0 Å². The molecule has 1 heterocycles. The molecule has 1 aromatic heterocycles. The highest BCUT2D eigenvalue weighted by Crippen LogP contribution is 2.33. The number of carboxylic acids is 1. The number of nitrogens with zero attached hydrogens (tertiary/aromatic N) is 1. The zero-order chi connectivity index (χ0) is 12.7. The molecule has 1 aliphatic rings. The van der Waals surface area contributed by atoms with Crippen LogP contribution in [0.4, 0.5) is 0 Å². The topological polar surface area (TPSA) is 42.2 Å². The van der Waals surface area contributed by atoms with Gasteiger partial charge in [0.05, 0.1) is 0 Å². The van der Waals surface area contributed by atoms with E-state index in [1.165, 1.54) is 12.8 Å². The number of aromatic carboxylic acids is 1. The first-order chi connectivity index (χ1) is 8.69. The molecular weight excluding hydrogens is 226 g/mol. The van der Waals surface area contributed by atoms with Gasteiger partial charge in [0.1, 0.15) is 5.69 Å². The predicted octanol–water partition coefficient (Wildman–Crippen LogP) is 3.39. The molecule has 18 heavy (non-hydrogen) atoms. The summed E-state index contributed by atoms with van der Waals surface area (Å²) in [4.78, 5) is 11.3. The minimum Gasteiger partial charge on any atom is -0.477 e. The Labute approximate surface area is 105 Å². The standard InChI is InChI=1S/C15H15NO2/c1-2-10-5-6-12-8-14(15(17)18)16(13(12)7-10)9-11-3-4-11/h2,5-8,11H,1,3-4,9H2,(H,17,18). The Morgan fingerprint density at radius 1 is 1.44 bits per heavy atom. The minimum absolute atomic E-state index is 0.387. The van der Waals surface area contributed by atoms with E-state index in [4.69, 9.17) is 0 Å². The van der Waals surface area contributed by atoms with Gasteiger partial charge in [-0.15, -0.1) is 0 Å². The molecule has 0 saturated heterocycles. The lowest BCUT2D eigenvalue weighted by atomic mass is 10.1. The molecular formula is C15H15NO2. The fourth-order valence-electron chi connectivity index (χ4n) is 2.33. The highest BCUT2D eigenvalue weighted by molar-refractivity contribution is 5.95. The third-order valence-electron chi connectivity index (χ3n) is 3.52. The zero-order valence-electron chi connectivity index (χ0n) is 10.1. The molecule has 0 atom stereocenters. The van der Waals surface area contributed by atoms with E-state index in [0.717, 1.165) is 23.0 Å². The third kappa shape index (κ3) is 1.82. The van der Waals surface area contributed by atoms with Crippen LogP contribution in [0.1, 0.15) is 28.9 Å². The summed E-state index contributed by atoms with van der Waals surface area (Å²) in [6, 6.07) is 7.69. The first kappa shape index (κ1) is 11.1. The van der Waals surface area contributed by atoms with E-state index in [1.54, 1.807) is 12.1 Å². The van der Waals surface area contributed by atoms with Gasteiger partial charge < -0.3 is 9.67 Å². The molecule has 3 heteroatoms. The van der Waals surface area contributed by atoms with Crippen LogP contribution in [-0.2, 0) is 6.54 Å². The van der Waals surface area contributed by atoms with Gasteiger partial charge in [-0.05, 0) is 36.5 Å². The number of aromatic nitrogens is 1. The summed E-state index contributed by atoms with van der Waals surface area (Å²) < 4.78 is 1.93. The largest absolute Gasteiger partial charge is 0.477 e. The second-order valence-electron chi connectivity index (χ2n) is 4.91. The summed E-state index contributed by atoms with van der Waals surface area (Å²) in [5.74, 6) is -0.210. The monoisotopic (exact) mass is 241 g/mol. The van der Waals surface area contributed by atoms with Crippen LogP contribution >= 0.6 is 0 Å². The van der Waals surface area contributed by atoms with Crippen molar-refractivity contribution < 1.29 is 9.90 Å². The normalized spacial score (nSPS) is 14.9. The first-order valence-electron chi connectivity index (χ1n) is 6.18. The Hall–Kier alpha value is -2.03. The maximum Gasteiger partial charge on any atom is 0.352 e. The van der Waals surface area contributed by atoms with Crippen LogP contribution in [0.3, 0.4) is 0 Å². The van der Waals surface area contributed by atoms with E-state index >= 15 is 0 Å². The van der Waals surface area contributed by atoms with Gasteiger partial charge in [0.2, 0.25) is 0 Å². The van der Waals surface area contributed by atoms with E-state index < -0.39 is 5.97 Å². The number of benzene rings is 1. The van der Waals surface area contributed by atoms with E-state index in [2.05, 4.69) is 6.58 Å². The van der Waals surface area contributed by atoms with E-state index in [-0.39, 0.29) is 0 Å². The summed E-state index contributed by atoms with van der Waals surface area (Å²) in [6.45, 7) is 4.57. The second-order valence-corrected chi connectivity index (χ2v) is 4.91. The number of hydrogen-bond acceptors (Lipinski definition) is 1. The van der Waals surface area contributed by atoms with Gasteiger partial charge in [-0.2, -0.15) is 0 Å². The number of carbonyl (C=O) groups is 1. The molecule has 0 radical (unpaired) electrons. The quantitative estimate of drug-likeness (QED) is 0.891. The fourth-order valence-corrected chi connectivity index (χ4v) is 2.33. The molecule has 0 aliphatic heterocycles. The molecule has 0 unspecified atom stereocenters. The van der Waals surface area contributed by atoms with Crippen LogP contribution in [0, 0.1) is 5.92 Å². The van der Waals surface area contributed by atoms with Crippen LogP contribution in [0.15, 0.2) is 30.8 Å². The summed E-state index contributed by atoms with van der Waals surface area (Å²) in [5.41, 5.74) is 2.41. The lowest BCUT2D eigenvalue weighted by Gasteiger charge is -2.07. The Morgan fingerprint density at radius 2 is 2.22 bits per heavy atom. The summed E-state index contributed by atoms with van der Waals surface area (Å²) in [6.07, 6.45) is 4.20. The minimum atomic E-state index is -0.855. The van der Waals surface area contributed by atoms with E-state index in [9.17, 15) is 9.90 Å². The van der Waals surface area contributed by atoms with Crippen LogP contribution in [-0.4, -0.2) is 15.6 Å². The van der Waals surface area contributed by atoms with Crippen LogP contribution in [0.25, 0.3) is 17.0 Å². The van der Waals surface area contributed by atoms with Crippen molar-refractivity contribution in [3.63, 3.8) is 0 Å². The molecule has 2 aromatic rings. The van der Waals surface area contributed by atoms with Crippen molar-refractivity contribution in [1.82, 2.24) is 4.57 Å². The molecule has 3 nitrogen and oxygen atoms in total. The van der Waals surface area contributed by atoms with Crippen molar-refractivity contribution in [2.75, 3.05) is 0 Å². The van der Waals surface area contributed by atoms with E-state index in [1.807, 2.05) is 22.8 Å². The summed E-state index contributed by atoms with van der Waals surface area (Å²) in [5, 5.41) is 10.3. The number of rotatable bonds is 4. The number of carboxylic acid groups (broad SMARTS) is 1. The highest BCUT2D eigenvalue weighted by Gasteiger charge is 2.25. The molecule has 1 aliphatic carbocycles. The van der Waals surface area contributed by atoms with Gasteiger partial charge in [-0.3, -0.25) is 0 Å². The van der Waals surface area contributed by atoms with Crippen molar-refractivity contribution in [2.24, 2.45) is 5.92 Å². The zero-order valence-corrected chi connectivity index (χ0v) is 10.1. The number of fused-ring (bicyclic) bond motifs is 1. The van der Waals surface area contributed by atoms with Crippen molar-refractivity contribution >= 4 is 22.9 Å². The van der Waals surface area contributed by atoms with Gasteiger partial charge >= 0.3 is 5.97 Å². The Kier molecular flexibility index (Phi) is 2.47. The van der Waals surface area contributed by atoms with Gasteiger partial charge in [-0.25, -0.2) is 4.79 Å². The first-order valence-corrected chi connectivity index (χ1v) is 6.18. The average Bonchev–Trinajstić information content (AvgIpc) is 3.10. The molecule has 1 aromatic carbocycles. The lowest BCUT2D eigenvalue weighted by molar-refractivity contribution is 0.0685. The molecule has 1 saturated carbocycles.